The number of amides is 1. The fourth-order valence-corrected chi connectivity index (χ4v) is 1.98. The van der Waals surface area contributed by atoms with Crippen molar-refractivity contribution in [1.29, 1.82) is 0 Å². The first kappa shape index (κ1) is 18.1. The summed E-state index contributed by atoms with van der Waals surface area (Å²) in [7, 11) is 0. The van der Waals surface area contributed by atoms with Crippen molar-refractivity contribution in [2.75, 3.05) is 0 Å². The number of fused-ring (bicyclic) bond motifs is 1. The van der Waals surface area contributed by atoms with E-state index < -0.39 is 23.7 Å². The van der Waals surface area contributed by atoms with E-state index in [1.54, 1.807) is 6.92 Å². The van der Waals surface area contributed by atoms with Gasteiger partial charge in [0.25, 0.3) is 5.91 Å². The Bertz CT molecular complexity index is 768. The average molecular weight is 350 g/mol. The van der Waals surface area contributed by atoms with Crippen molar-refractivity contribution in [2.45, 2.75) is 45.3 Å². The number of hydrogen-bond donors (Lipinski definition) is 1. The van der Waals surface area contributed by atoms with E-state index in [0.717, 1.165) is 6.07 Å². The molecule has 2 rings (SSSR count). The van der Waals surface area contributed by atoms with E-state index in [1.165, 1.54) is 6.92 Å². The summed E-state index contributed by atoms with van der Waals surface area (Å²) in [6.45, 7) is 4.82. The van der Waals surface area contributed by atoms with Gasteiger partial charge in [0.1, 0.15) is 5.69 Å². The van der Waals surface area contributed by atoms with Gasteiger partial charge in [-0.05, 0) is 26.3 Å². The summed E-state index contributed by atoms with van der Waals surface area (Å²) in [5.74, 6) is -5.80. The molecule has 2 aromatic rings. The molecule has 1 atom stereocenters. The maximum absolute atomic E-state index is 13.7. The number of alkyl halides is 5. The van der Waals surface area contributed by atoms with Crippen LogP contribution in [0.3, 0.4) is 0 Å². The lowest BCUT2D eigenvalue weighted by molar-refractivity contribution is -0.291. The Morgan fingerprint density at radius 2 is 1.92 bits per heavy atom. The van der Waals surface area contributed by atoms with E-state index in [-0.39, 0.29) is 23.1 Å². The fourth-order valence-electron chi connectivity index (χ4n) is 1.98. The summed E-state index contributed by atoms with van der Waals surface area (Å²) in [4.78, 5) is 15.9. The molecule has 10 heteroatoms. The molecule has 1 N–H and O–H groups in total. The molecule has 0 aliphatic heterocycles. The van der Waals surface area contributed by atoms with Crippen LogP contribution in [0, 0.1) is 6.92 Å². The topological polar surface area (TPSA) is 59.3 Å². The molecule has 0 spiro atoms. The van der Waals surface area contributed by atoms with Crippen LogP contribution in [0.2, 0.25) is 0 Å². The lowest BCUT2D eigenvalue weighted by atomic mass is 10.2. The van der Waals surface area contributed by atoms with Crippen LogP contribution in [0.25, 0.3) is 5.65 Å². The summed E-state index contributed by atoms with van der Waals surface area (Å²) in [6.07, 6.45) is -5.17. The standard InChI is InChI=1S/C14H15F5N4O/c1-4-7(2)21-12(24)9-6-11-20-8(3)5-10(23(11)22-9)13(15,16)14(17,18)19/h5-7H,4H2,1-3H3,(H,21,24). The van der Waals surface area contributed by atoms with E-state index in [1.807, 2.05) is 6.92 Å². The van der Waals surface area contributed by atoms with Gasteiger partial charge in [-0.3, -0.25) is 4.79 Å². The highest BCUT2D eigenvalue weighted by Gasteiger charge is 2.60. The summed E-state index contributed by atoms with van der Waals surface area (Å²) in [5, 5.41) is 6.14. The van der Waals surface area contributed by atoms with Gasteiger partial charge in [-0.15, -0.1) is 0 Å². The molecule has 0 fully saturated rings. The molecule has 5 nitrogen and oxygen atoms in total. The third kappa shape index (κ3) is 3.17. The second kappa shape index (κ2) is 5.99. The van der Waals surface area contributed by atoms with E-state index in [0.29, 0.717) is 17.0 Å². The number of rotatable bonds is 4. The smallest absolute Gasteiger partial charge is 0.348 e. The summed E-state index contributed by atoms with van der Waals surface area (Å²) in [5.41, 5.74) is -1.98. The molecule has 1 unspecified atom stereocenters. The Balaban J connectivity index is 2.57. The number of aryl methyl sites for hydroxylation is 1. The molecule has 0 aliphatic carbocycles. The first-order valence-corrected chi connectivity index (χ1v) is 7.10. The highest BCUT2D eigenvalue weighted by Crippen LogP contribution is 2.43. The van der Waals surface area contributed by atoms with E-state index in [2.05, 4.69) is 15.4 Å². The highest BCUT2D eigenvalue weighted by molar-refractivity contribution is 5.93. The zero-order valence-corrected chi connectivity index (χ0v) is 13.1. The van der Waals surface area contributed by atoms with E-state index in [9.17, 15) is 26.7 Å². The van der Waals surface area contributed by atoms with Gasteiger partial charge < -0.3 is 5.32 Å². The normalized spacial score (nSPS) is 14.0. The van der Waals surface area contributed by atoms with Gasteiger partial charge in [0.2, 0.25) is 0 Å². The Kier molecular flexibility index (Phi) is 4.51. The molecule has 0 bridgehead atoms. The van der Waals surface area contributed by atoms with Gasteiger partial charge in [0.05, 0.1) is 0 Å². The van der Waals surface area contributed by atoms with Crippen LogP contribution in [0.4, 0.5) is 22.0 Å². The predicted molar refractivity (Wildman–Crippen MR) is 74.9 cm³/mol. The maximum Gasteiger partial charge on any atom is 0.459 e. The molecule has 2 aromatic heterocycles. The molecule has 2 heterocycles. The molecule has 0 saturated carbocycles. The number of carbonyl (C=O) groups is 1. The van der Waals surface area contributed by atoms with E-state index in [4.69, 9.17) is 0 Å². The Labute approximate surface area is 133 Å². The lowest BCUT2D eigenvalue weighted by Crippen LogP contribution is -2.36. The predicted octanol–water partition coefficient (Wildman–Crippen LogP) is 3.22. The molecule has 0 aliphatic rings. The van der Waals surface area contributed by atoms with E-state index >= 15 is 0 Å². The maximum atomic E-state index is 13.7. The molecular formula is C14H15F5N4O. The third-order valence-corrected chi connectivity index (χ3v) is 3.46. The zero-order chi connectivity index (χ0) is 18.3. The molecule has 0 saturated heterocycles. The van der Waals surface area contributed by atoms with Crippen molar-refractivity contribution in [3.8, 4) is 0 Å². The molecular weight excluding hydrogens is 335 g/mol. The summed E-state index contributed by atoms with van der Waals surface area (Å²) < 4.78 is 65.8. The highest BCUT2D eigenvalue weighted by atomic mass is 19.4. The number of carbonyl (C=O) groups excluding carboxylic acids is 1. The van der Waals surface area contributed by atoms with Crippen molar-refractivity contribution in [1.82, 2.24) is 19.9 Å². The molecule has 0 radical (unpaired) electrons. The van der Waals surface area contributed by atoms with Gasteiger partial charge in [0, 0.05) is 17.8 Å². The minimum Gasteiger partial charge on any atom is -0.348 e. The van der Waals surface area contributed by atoms with Crippen molar-refractivity contribution in [2.24, 2.45) is 0 Å². The van der Waals surface area contributed by atoms with Crippen molar-refractivity contribution in [3.05, 3.63) is 29.2 Å². The van der Waals surface area contributed by atoms with Crippen LogP contribution in [-0.2, 0) is 5.92 Å². The van der Waals surface area contributed by atoms with Crippen molar-refractivity contribution in [3.63, 3.8) is 0 Å². The largest absolute Gasteiger partial charge is 0.459 e. The van der Waals surface area contributed by atoms with Crippen molar-refractivity contribution >= 4 is 11.6 Å². The average Bonchev–Trinajstić information content (AvgIpc) is 2.88. The first-order chi connectivity index (χ1) is 11.0. The minimum absolute atomic E-state index is 0.0461. The second-order valence-electron chi connectivity index (χ2n) is 5.44. The SMILES string of the molecule is CCC(C)NC(=O)c1cc2nc(C)cc(C(F)(F)C(F)(F)F)n2n1. The molecule has 132 valence electrons. The second-order valence-corrected chi connectivity index (χ2v) is 5.44. The number of hydrogen-bond acceptors (Lipinski definition) is 3. The Morgan fingerprint density at radius 1 is 1.29 bits per heavy atom. The van der Waals surface area contributed by atoms with Gasteiger partial charge >= 0.3 is 12.1 Å². The summed E-state index contributed by atoms with van der Waals surface area (Å²) >= 11 is 0. The minimum atomic E-state index is -5.79. The van der Waals surface area contributed by atoms with Crippen LogP contribution in [0.15, 0.2) is 12.1 Å². The fraction of sp³-hybridized carbons (Fsp3) is 0.500. The number of aromatic nitrogens is 3. The van der Waals surface area contributed by atoms with Gasteiger partial charge in [-0.1, -0.05) is 6.92 Å². The van der Waals surface area contributed by atoms with Crippen LogP contribution >= 0.6 is 0 Å². The third-order valence-electron chi connectivity index (χ3n) is 3.46. The van der Waals surface area contributed by atoms with Crippen molar-refractivity contribution < 1.29 is 26.7 Å². The first-order valence-electron chi connectivity index (χ1n) is 7.10. The monoisotopic (exact) mass is 350 g/mol. The number of nitrogens with zero attached hydrogens (tertiary/aromatic N) is 3. The van der Waals surface area contributed by atoms with Gasteiger partial charge in [0.15, 0.2) is 11.3 Å². The van der Waals surface area contributed by atoms with Crippen LogP contribution in [0.5, 0.6) is 0 Å². The molecule has 0 aromatic carbocycles. The Hall–Kier alpha value is -2.26. The van der Waals surface area contributed by atoms with Crippen LogP contribution < -0.4 is 5.32 Å². The molecule has 1 amide bonds. The number of nitrogens with one attached hydrogen (secondary N) is 1. The van der Waals surface area contributed by atoms with Gasteiger partial charge in [-0.2, -0.15) is 27.1 Å². The van der Waals surface area contributed by atoms with Crippen LogP contribution in [0.1, 0.15) is 42.1 Å². The quantitative estimate of drug-likeness (QED) is 0.862. The van der Waals surface area contributed by atoms with Gasteiger partial charge in [-0.25, -0.2) is 9.50 Å². The summed E-state index contributed by atoms with van der Waals surface area (Å²) in [6, 6.07) is 1.47. The molecule has 24 heavy (non-hydrogen) atoms. The van der Waals surface area contributed by atoms with Crippen LogP contribution in [-0.4, -0.2) is 32.7 Å². The zero-order valence-electron chi connectivity index (χ0n) is 13.1. The number of halogens is 5. The Morgan fingerprint density at radius 3 is 2.46 bits per heavy atom. The lowest BCUT2D eigenvalue weighted by Gasteiger charge is -2.20.